The average Bonchev–Trinajstić information content (AvgIpc) is 2.74. The van der Waals surface area contributed by atoms with Crippen LogP contribution in [0.5, 0.6) is 0 Å². The summed E-state index contributed by atoms with van der Waals surface area (Å²) < 4.78 is 0. The lowest BCUT2D eigenvalue weighted by atomic mass is 9.64. The summed E-state index contributed by atoms with van der Waals surface area (Å²) in [7, 11) is 1.63. The molecule has 172 valence electrons. The molecule has 0 bridgehead atoms. The van der Waals surface area contributed by atoms with Crippen molar-refractivity contribution < 1.29 is 4.79 Å². The number of carbonyl (C=O) groups excluding carboxylic acids is 1. The first-order valence-electron chi connectivity index (χ1n) is 11.4. The van der Waals surface area contributed by atoms with Crippen LogP contribution in [-0.2, 0) is 0 Å². The van der Waals surface area contributed by atoms with Gasteiger partial charge in [-0.15, -0.1) is 0 Å². The lowest BCUT2D eigenvalue weighted by Gasteiger charge is -2.46. The van der Waals surface area contributed by atoms with E-state index in [4.69, 9.17) is 5.73 Å². The third kappa shape index (κ3) is 6.47. The summed E-state index contributed by atoms with van der Waals surface area (Å²) >= 11 is 0. The Morgan fingerprint density at radius 3 is 2.29 bits per heavy atom. The molecule has 0 saturated heterocycles. The molecule has 1 atom stereocenters. The first-order chi connectivity index (χ1) is 14.5. The van der Waals surface area contributed by atoms with Crippen LogP contribution in [-0.4, -0.2) is 37.7 Å². The quantitative estimate of drug-likeness (QED) is 0.328. The Labute approximate surface area is 188 Å². The second kappa shape index (κ2) is 10.5. The molecular formula is C25H41N5O. The first kappa shape index (κ1) is 25.2. The Balaban J connectivity index is 1.93. The number of benzene rings is 1. The van der Waals surface area contributed by atoms with Crippen LogP contribution in [0, 0.1) is 17.3 Å². The van der Waals surface area contributed by atoms with Gasteiger partial charge in [-0.2, -0.15) is 0 Å². The number of nitrogens with two attached hydrogens (primary N) is 1. The van der Waals surface area contributed by atoms with Crippen molar-refractivity contribution >= 4 is 18.5 Å². The number of amidine groups is 1. The van der Waals surface area contributed by atoms with Gasteiger partial charge in [-0.3, -0.25) is 15.1 Å². The summed E-state index contributed by atoms with van der Waals surface area (Å²) in [6, 6.07) is 7.78. The fourth-order valence-corrected chi connectivity index (χ4v) is 4.40. The summed E-state index contributed by atoms with van der Waals surface area (Å²) in [6.07, 6.45) is 4.28. The van der Waals surface area contributed by atoms with Crippen molar-refractivity contribution in [2.24, 2.45) is 33.0 Å². The van der Waals surface area contributed by atoms with Gasteiger partial charge in [0.25, 0.3) is 5.91 Å². The number of rotatable bonds is 8. The van der Waals surface area contributed by atoms with E-state index < -0.39 is 0 Å². The molecule has 1 aromatic rings. The maximum atomic E-state index is 12.3. The first-order valence-corrected chi connectivity index (χ1v) is 11.4. The standard InChI is InChI=1S/C25H41N5O/c1-17(2)24(4,5)21-12-14-25(26,15-13-21)30-18(3)19-8-10-20(11-9-19)23(31)29-16-22(27-6)28-7/h8-11,17-18,21,30H,6,12-16,26H2,1-5,7H3,(H,29,31). The molecule has 1 aromatic carbocycles. The van der Waals surface area contributed by atoms with Crippen molar-refractivity contribution in [3.63, 3.8) is 0 Å². The average molecular weight is 428 g/mol. The summed E-state index contributed by atoms with van der Waals surface area (Å²) in [5.41, 5.74) is 8.48. The van der Waals surface area contributed by atoms with Crippen LogP contribution in [0.3, 0.4) is 0 Å². The Hall–Kier alpha value is -2.05. The van der Waals surface area contributed by atoms with E-state index in [9.17, 15) is 4.79 Å². The minimum absolute atomic E-state index is 0.112. The van der Waals surface area contributed by atoms with Crippen molar-refractivity contribution in [2.45, 2.75) is 72.0 Å². The van der Waals surface area contributed by atoms with Crippen molar-refractivity contribution in [2.75, 3.05) is 13.6 Å². The van der Waals surface area contributed by atoms with Gasteiger partial charge in [0.2, 0.25) is 0 Å². The van der Waals surface area contributed by atoms with Crippen LogP contribution < -0.4 is 16.4 Å². The zero-order valence-corrected chi connectivity index (χ0v) is 20.2. The van der Waals surface area contributed by atoms with E-state index in [0.29, 0.717) is 28.6 Å². The summed E-state index contributed by atoms with van der Waals surface area (Å²) in [5.74, 6) is 1.73. The number of hydrogen-bond acceptors (Lipinski definition) is 4. The number of hydrogen-bond donors (Lipinski definition) is 3. The molecule has 6 heteroatoms. The van der Waals surface area contributed by atoms with Gasteiger partial charge in [-0.05, 0) is 74.3 Å². The molecule has 0 aromatic heterocycles. The molecule has 0 spiro atoms. The smallest absolute Gasteiger partial charge is 0.251 e. The molecule has 1 unspecified atom stereocenters. The molecule has 1 saturated carbocycles. The second-order valence-electron chi connectivity index (χ2n) is 9.88. The van der Waals surface area contributed by atoms with E-state index in [0.717, 1.165) is 31.2 Å². The van der Waals surface area contributed by atoms with Gasteiger partial charge in [0, 0.05) is 18.7 Å². The Morgan fingerprint density at radius 2 is 1.81 bits per heavy atom. The van der Waals surface area contributed by atoms with Gasteiger partial charge in [-0.25, -0.2) is 4.99 Å². The van der Waals surface area contributed by atoms with Crippen LogP contribution in [0.15, 0.2) is 34.3 Å². The highest BCUT2D eigenvalue weighted by Crippen LogP contribution is 2.44. The molecule has 2 rings (SSSR count). The predicted octanol–water partition coefficient (Wildman–Crippen LogP) is 4.32. The molecule has 1 aliphatic carbocycles. The molecule has 0 radical (unpaired) electrons. The number of nitrogens with one attached hydrogen (secondary N) is 2. The molecule has 1 aliphatic rings. The maximum absolute atomic E-state index is 12.3. The topological polar surface area (TPSA) is 91.9 Å². The lowest BCUT2D eigenvalue weighted by Crippen LogP contribution is -2.57. The Kier molecular flexibility index (Phi) is 8.55. The van der Waals surface area contributed by atoms with Gasteiger partial charge in [-0.1, -0.05) is 39.8 Å². The summed E-state index contributed by atoms with van der Waals surface area (Å²) in [6.45, 7) is 15.3. The molecule has 0 aliphatic heterocycles. The van der Waals surface area contributed by atoms with E-state index >= 15 is 0 Å². The van der Waals surface area contributed by atoms with Crippen LogP contribution in [0.1, 0.15) is 82.3 Å². The Bertz CT molecular complexity index is 774. The number of amides is 1. The van der Waals surface area contributed by atoms with E-state index in [1.54, 1.807) is 7.05 Å². The minimum Gasteiger partial charge on any atom is -0.345 e. The molecule has 31 heavy (non-hydrogen) atoms. The molecule has 1 fully saturated rings. The zero-order chi connectivity index (χ0) is 23.2. The lowest BCUT2D eigenvalue weighted by molar-refractivity contribution is 0.0645. The van der Waals surface area contributed by atoms with E-state index in [1.807, 2.05) is 24.3 Å². The summed E-state index contributed by atoms with van der Waals surface area (Å²) in [5, 5.41) is 6.47. The number of carbonyl (C=O) groups is 1. The molecule has 0 heterocycles. The highest BCUT2D eigenvalue weighted by Gasteiger charge is 2.40. The number of nitrogens with zero attached hydrogens (tertiary/aromatic N) is 2. The highest BCUT2D eigenvalue weighted by atomic mass is 16.1. The highest BCUT2D eigenvalue weighted by molar-refractivity contribution is 5.98. The van der Waals surface area contributed by atoms with Crippen molar-refractivity contribution in [1.29, 1.82) is 0 Å². The van der Waals surface area contributed by atoms with Crippen molar-refractivity contribution in [1.82, 2.24) is 10.6 Å². The molecule has 4 N–H and O–H groups in total. The zero-order valence-electron chi connectivity index (χ0n) is 20.2. The fourth-order valence-electron chi connectivity index (χ4n) is 4.40. The fraction of sp³-hybridized carbons (Fsp3) is 0.640. The SMILES string of the molecule is C=NC(CNC(=O)c1ccc(C(C)NC2(N)CCC(C(C)(C)C(C)C)CC2)cc1)=NC. The predicted molar refractivity (Wildman–Crippen MR) is 131 cm³/mol. The van der Waals surface area contributed by atoms with Gasteiger partial charge >= 0.3 is 0 Å². The Morgan fingerprint density at radius 1 is 1.23 bits per heavy atom. The normalized spacial score (nSPS) is 23.5. The van der Waals surface area contributed by atoms with Crippen LogP contribution in [0.25, 0.3) is 0 Å². The minimum atomic E-state index is -0.341. The molecule has 1 amide bonds. The van der Waals surface area contributed by atoms with Crippen LogP contribution in [0.4, 0.5) is 0 Å². The molecular weight excluding hydrogens is 386 g/mol. The van der Waals surface area contributed by atoms with E-state index in [1.165, 1.54) is 0 Å². The van der Waals surface area contributed by atoms with Gasteiger partial charge in [0.05, 0.1) is 12.2 Å². The van der Waals surface area contributed by atoms with Gasteiger partial charge in [0.15, 0.2) is 0 Å². The third-order valence-corrected chi connectivity index (χ3v) is 7.44. The maximum Gasteiger partial charge on any atom is 0.251 e. The van der Waals surface area contributed by atoms with Crippen molar-refractivity contribution in [3.05, 3.63) is 35.4 Å². The van der Waals surface area contributed by atoms with E-state index in [-0.39, 0.29) is 24.2 Å². The second-order valence-corrected chi connectivity index (χ2v) is 9.88. The number of aliphatic imine (C=N–C) groups is 2. The summed E-state index contributed by atoms with van der Waals surface area (Å²) in [4.78, 5) is 20.0. The van der Waals surface area contributed by atoms with Crippen LogP contribution in [0.2, 0.25) is 0 Å². The van der Waals surface area contributed by atoms with Crippen LogP contribution >= 0.6 is 0 Å². The monoisotopic (exact) mass is 427 g/mol. The van der Waals surface area contributed by atoms with Gasteiger partial charge < -0.3 is 11.1 Å². The molecule has 6 nitrogen and oxygen atoms in total. The van der Waals surface area contributed by atoms with E-state index in [2.05, 4.69) is 62.0 Å². The van der Waals surface area contributed by atoms with Crippen molar-refractivity contribution in [3.8, 4) is 0 Å². The van der Waals surface area contributed by atoms with Gasteiger partial charge in [0.1, 0.15) is 5.84 Å². The third-order valence-electron chi connectivity index (χ3n) is 7.44. The largest absolute Gasteiger partial charge is 0.345 e.